The van der Waals surface area contributed by atoms with E-state index >= 15 is 0 Å². The van der Waals surface area contributed by atoms with Gasteiger partial charge in [-0.3, -0.25) is 4.79 Å². The van der Waals surface area contributed by atoms with Crippen molar-refractivity contribution in [3.63, 3.8) is 0 Å². The molecule has 1 aromatic carbocycles. The van der Waals surface area contributed by atoms with Crippen molar-refractivity contribution in [1.82, 2.24) is 5.32 Å². The molecule has 2 unspecified atom stereocenters. The van der Waals surface area contributed by atoms with Crippen molar-refractivity contribution in [1.29, 1.82) is 0 Å². The van der Waals surface area contributed by atoms with Crippen molar-refractivity contribution in [2.45, 2.75) is 32.4 Å². The molecule has 1 heterocycles. The van der Waals surface area contributed by atoms with E-state index in [4.69, 9.17) is 9.84 Å². The van der Waals surface area contributed by atoms with Crippen molar-refractivity contribution in [3.05, 3.63) is 41.0 Å². The molecule has 1 saturated heterocycles. The van der Waals surface area contributed by atoms with Gasteiger partial charge >= 0.3 is 5.97 Å². The number of rotatable bonds is 4. The quantitative estimate of drug-likeness (QED) is 0.831. The second-order valence-corrected chi connectivity index (χ2v) is 5.19. The summed E-state index contributed by atoms with van der Waals surface area (Å²) in [6, 6.07) is 5.32. The van der Waals surface area contributed by atoms with E-state index in [0.717, 1.165) is 18.1 Å². The Kier molecular flexibility index (Phi) is 4.75. The lowest BCUT2D eigenvalue weighted by Crippen LogP contribution is -2.39. The number of nitrogens with one attached hydrogen (secondary N) is 1. The van der Waals surface area contributed by atoms with Crippen LogP contribution in [0.1, 0.15) is 34.8 Å². The van der Waals surface area contributed by atoms with Gasteiger partial charge in [0.1, 0.15) is 0 Å². The van der Waals surface area contributed by atoms with Crippen molar-refractivity contribution in [2.75, 3.05) is 6.61 Å². The summed E-state index contributed by atoms with van der Waals surface area (Å²) >= 11 is 0. The van der Waals surface area contributed by atoms with Crippen LogP contribution in [0.5, 0.6) is 0 Å². The van der Waals surface area contributed by atoms with E-state index in [2.05, 4.69) is 5.32 Å². The summed E-state index contributed by atoms with van der Waals surface area (Å²) in [5.41, 5.74) is 2.09. The SMILES string of the molecule is Cc1ccc(/C=C/C(=O)O)cc1C(=O)NC1CCOC1C. The monoisotopic (exact) mass is 289 g/mol. The number of hydrogen-bond donors (Lipinski definition) is 2. The summed E-state index contributed by atoms with van der Waals surface area (Å²) in [6.45, 7) is 4.46. The molecule has 0 saturated carbocycles. The van der Waals surface area contributed by atoms with Gasteiger partial charge in [-0.1, -0.05) is 12.1 Å². The number of aryl methyl sites for hydroxylation is 1. The lowest BCUT2D eigenvalue weighted by Gasteiger charge is -2.17. The molecule has 112 valence electrons. The molecule has 5 heteroatoms. The van der Waals surface area contributed by atoms with Gasteiger partial charge in [0.2, 0.25) is 0 Å². The average molecular weight is 289 g/mol. The summed E-state index contributed by atoms with van der Waals surface area (Å²) < 4.78 is 5.43. The molecule has 2 N–H and O–H groups in total. The highest BCUT2D eigenvalue weighted by molar-refractivity contribution is 5.96. The first-order valence-corrected chi connectivity index (χ1v) is 6.91. The number of amides is 1. The smallest absolute Gasteiger partial charge is 0.328 e. The summed E-state index contributed by atoms with van der Waals surface area (Å²) in [7, 11) is 0. The van der Waals surface area contributed by atoms with Crippen LogP contribution < -0.4 is 5.32 Å². The predicted octanol–water partition coefficient (Wildman–Crippen LogP) is 2.00. The predicted molar refractivity (Wildman–Crippen MR) is 79.1 cm³/mol. The number of aliphatic carboxylic acids is 1. The van der Waals surface area contributed by atoms with Gasteiger partial charge in [0.15, 0.2) is 0 Å². The maximum Gasteiger partial charge on any atom is 0.328 e. The Morgan fingerprint density at radius 3 is 2.81 bits per heavy atom. The fourth-order valence-electron chi connectivity index (χ4n) is 2.32. The van der Waals surface area contributed by atoms with Crippen LogP contribution in [0.4, 0.5) is 0 Å². The number of carboxylic acids is 1. The minimum absolute atomic E-state index is 0.0179. The van der Waals surface area contributed by atoms with Gasteiger partial charge in [-0.15, -0.1) is 0 Å². The van der Waals surface area contributed by atoms with Crippen LogP contribution in [0, 0.1) is 6.92 Å². The maximum atomic E-state index is 12.4. The molecule has 0 aromatic heterocycles. The molecular formula is C16H19NO4. The average Bonchev–Trinajstić information content (AvgIpc) is 2.83. The van der Waals surface area contributed by atoms with Crippen LogP contribution in [0.25, 0.3) is 6.08 Å². The maximum absolute atomic E-state index is 12.4. The largest absolute Gasteiger partial charge is 0.478 e. The van der Waals surface area contributed by atoms with Crippen LogP contribution in [-0.2, 0) is 9.53 Å². The third-order valence-electron chi connectivity index (χ3n) is 3.62. The zero-order chi connectivity index (χ0) is 15.4. The van der Waals surface area contributed by atoms with E-state index in [1.165, 1.54) is 6.08 Å². The van der Waals surface area contributed by atoms with Gasteiger partial charge in [0, 0.05) is 18.2 Å². The first kappa shape index (κ1) is 15.3. The highest BCUT2D eigenvalue weighted by Crippen LogP contribution is 2.16. The van der Waals surface area contributed by atoms with Gasteiger partial charge < -0.3 is 15.2 Å². The van der Waals surface area contributed by atoms with Gasteiger partial charge in [-0.2, -0.15) is 0 Å². The summed E-state index contributed by atoms with van der Waals surface area (Å²) in [4.78, 5) is 22.9. The van der Waals surface area contributed by atoms with E-state index in [1.807, 2.05) is 19.9 Å². The molecule has 2 rings (SSSR count). The first-order chi connectivity index (χ1) is 9.97. The van der Waals surface area contributed by atoms with Crippen LogP contribution in [0.2, 0.25) is 0 Å². The minimum atomic E-state index is -1.02. The third kappa shape index (κ3) is 3.92. The molecule has 2 atom stereocenters. The van der Waals surface area contributed by atoms with Gasteiger partial charge in [0.05, 0.1) is 12.1 Å². The minimum Gasteiger partial charge on any atom is -0.478 e. The van der Waals surface area contributed by atoms with Gasteiger partial charge in [-0.05, 0) is 43.5 Å². The Morgan fingerprint density at radius 2 is 2.19 bits per heavy atom. The summed E-state index contributed by atoms with van der Waals surface area (Å²) in [5.74, 6) is -1.17. The topological polar surface area (TPSA) is 75.6 Å². The molecule has 5 nitrogen and oxygen atoms in total. The Labute approximate surface area is 123 Å². The summed E-state index contributed by atoms with van der Waals surface area (Å²) in [5, 5.41) is 11.6. The molecule has 0 radical (unpaired) electrons. The van der Waals surface area contributed by atoms with E-state index in [1.54, 1.807) is 12.1 Å². The van der Waals surface area contributed by atoms with Crippen molar-refractivity contribution >= 4 is 18.0 Å². The molecule has 1 aromatic rings. The van der Waals surface area contributed by atoms with Crippen LogP contribution in [0.15, 0.2) is 24.3 Å². The number of carbonyl (C=O) groups is 2. The molecule has 1 aliphatic rings. The van der Waals surface area contributed by atoms with E-state index in [0.29, 0.717) is 17.7 Å². The standard InChI is InChI=1S/C16H19NO4/c1-10-3-4-12(5-6-15(18)19)9-13(10)16(20)17-14-7-8-21-11(14)2/h3-6,9,11,14H,7-8H2,1-2H3,(H,17,20)(H,18,19)/b6-5+. The Balaban J connectivity index is 2.15. The fraction of sp³-hybridized carbons (Fsp3) is 0.375. The lowest BCUT2D eigenvalue weighted by molar-refractivity contribution is -0.131. The number of carbonyl (C=O) groups excluding carboxylic acids is 1. The molecule has 0 spiro atoms. The zero-order valence-corrected chi connectivity index (χ0v) is 12.1. The van der Waals surface area contributed by atoms with Gasteiger partial charge in [0.25, 0.3) is 5.91 Å². The molecule has 0 bridgehead atoms. The second kappa shape index (κ2) is 6.54. The van der Waals surface area contributed by atoms with Crippen molar-refractivity contribution in [2.24, 2.45) is 0 Å². The van der Waals surface area contributed by atoms with Crippen molar-refractivity contribution in [3.8, 4) is 0 Å². The Morgan fingerprint density at radius 1 is 1.43 bits per heavy atom. The number of carboxylic acid groups (broad SMARTS) is 1. The molecular weight excluding hydrogens is 270 g/mol. The first-order valence-electron chi connectivity index (χ1n) is 6.91. The second-order valence-electron chi connectivity index (χ2n) is 5.19. The highest BCUT2D eigenvalue weighted by atomic mass is 16.5. The fourth-order valence-corrected chi connectivity index (χ4v) is 2.32. The summed E-state index contributed by atoms with van der Waals surface area (Å²) in [6.07, 6.45) is 3.35. The molecule has 21 heavy (non-hydrogen) atoms. The van der Waals surface area contributed by atoms with Crippen LogP contribution in [0.3, 0.4) is 0 Å². The molecule has 1 amide bonds. The van der Waals surface area contributed by atoms with E-state index in [9.17, 15) is 9.59 Å². The Hall–Kier alpha value is -2.14. The highest BCUT2D eigenvalue weighted by Gasteiger charge is 2.26. The molecule has 0 aliphatic carbocycles. The molecule has 1 aliphatic heterocycles. The number of benzene rings is 1. The van der Waals surface area contributed by atoms with E-state index < -0.39 is 5.97 Å². The number of ether oxygens (including phenoxy) is 1. The van der Waals surface area contributed by atoms with Crippen LogP contribution in [-0.4, -0.2) is 35.7 Å². The lowest BCUT2D eigenvalue weighted by atomic mass is 10.0. The molecule has 1 fully saturated rings. The number of hydrogen-bond acceptors (Lipinski definition) is 3. The normalized spacial score (nSPS) is 21.6. The third-order valence-corrected chi connectivity index (χ3v) is 3.62. The van der Waals surface area contributed by atoms with E-state index in [-0.39, 0.29) is 18.1 Å². The van der Waals surface area contributed by atoms with Crippen LogP contribution >= 0.6 is 0 Å². The van der Waals surface area contributed by atoms with Crippen molar-refractivity contribution < 1.29 is 19.4 Å². The Bertz CT molecular complexity index is 580. The zero-order valence-electron chi connectivity index (χ0n) is 12.1. The van der Waals surface area contributed by atoms with Gasteiger partial charge in [-0.25, -0.2) is 4.79 Å².